The van der Waals surface area contributed by atoms with Crippen LogP contribution in [0.15, 0.2) is 42.5 Å². The second-order valence-corrected chi connectivity index (χ2v) is 4.12. The third kappa shape index (κ3) is 1.81. The highest BCUT2D eigenvalue weighted by Gasteiger charge is 2.17. The van der Waals surface area contributed by atoms with Gasteiger partial charge in [-0.1, -0.05) is 36.4 Å². The second kappa shape index (κ2) is 4.22. The van der Waals surface area contributed by atoms with E-state index in [0.29, 0.717) is 0 Å². The van der Waals surface area contributed by atoms with E-state index in [9.17, 15) is 0 Å². The molecule has 3 rings (SSSR count). The molecule has 0 aromatic heterocycles. The lowest BCUT2D eigenvalue weighted by molar-refractivity contribution is 1.26. The maximum Gasteiger partial charge on any atom is 0.122 e. The Hall–Kier alpha value is -1.80. The number of benzene rings is 2. The van der Waals surface area contributed by atoms with Gasteiger partial charge in [-0.05, 0) is 34.7 Å². The standard InChI is InChI=1S/C14H12N2.ClH/c15-14(16)10-5-6-13-11(8-10)7-9-3-1-2-4-12(9)13;/h1-6,8H,7H2,(H3,15,16);1H. The van der Waals surface area contributed by atoms with E-state index in [4.69, 9.17) is 11.1 Å². The van der Waals surface area contributed by atoms with Crippen molar-refractivity contribution in [3.05, 3.63) is 59.2 Å². The normalized spacial score (nSPS) is 11.3. The van der Waals surface area contributed by atoms with Gasteiger partial charge in [0, 0.05) is 5.56 Å². The fourth-order valence-corrected chi connectivity index (χ4v) is 2.31. The Balaban J connectivity index is 0.00000108. The molecule has 2 aromatic rings. The third-order valence-electron chi connectivity index (χ3n) is 3.10. The average molecular weight is 245 g/mol. The minimum absolute atomic E-state index is 0. The summed E-state index contributed by atoms with van der Waals surface area (Å²) < 4.78 is 0. The zero-order chi connectivity index (χ0) is 11.1. The van der Waals surface area contributed by atoms with Crippen LogP contribution in [0.2, 0.25) is 0 Å². The Bertz CT molecular complexity index is 591. The first-order chi connectivity index (χ1) is 7.75. The lowest BCUT2D eigenvalue weighted by atomic mass is 10.0. The molecule has 0 unspecified atom stereocenters. The monoisotopic (exact) mass is 244 g/mol. The number of halogens is 1. The number of amidine groups is 1. The summed E-state index contributed by atoms with van der Waals surface area (Å²) in [5, 5.41) is 7.44. The molecule has 0 amide bonds. The number of nitrogen functional groups attached to an aromatic ring is 1. The quantitative estimate of drug-likeness (QED) is 0.502. The molecule has 0 aliphatic heterocycles. The highest BCUT2D eigenvalue weighted by atomic mass is 35.5. The fraction of sp³-hybridized carbons (Fsp3) is 0.0714. The Labute approximate surface area is 106 Å². The van der Waals surface area contributed by atoms with Crippen molar-refractivity contribution in [1.29, 1.82) is 5.41 Å². The first-order valence-electron chi connectivity index (χ1n) is 5.31. The van der Waals surface area contributed by atoms with Crippen molar-refractivity contribution in [2.45, 2.75) is 6.42 Å². The first kappa shape index (κ1) is 11.7. The predicted octanol–water partition coefficient (Wildman–Crippen LogP) is 2.96. The zero-order valence-electron chi connectivity index (χ0n) is 9.23. The fourth-order valence-electron chi connectivity index (χ4n) is 2.31. The molecule has 0 fully saturated rings. The Kier molecular flexibility index (Phi) is 2.90. The van der Waals surface area contributed by atoms with Crippen molar-refractivity contribution in [2.24, 2.45) is 5.73 Å². The van der Waals surface area contributed by atoms with E-state index >= 15 is 0 Å². The lowest BCUT2D eigenvalue weighted by Gasteiger charge is -2.03. The Morgan fingerprint density at radius 3 is 2.47 bits per heavy atom. The van der Waals surface area contributed by atoms with E-state index in [1.54, 1.807) is 0 Å². The van der Waals surface area contributed by atoms with Gasteiger partial charge in [0.1, 0.15) is 5.84 Å². The van der Waals surface area contributed by atoms with Crippen LogP contribution in [0.5, 0.6) is 0 Å². The highest BCUT2D eigenvalue weighted by molar-refractivity contribution is 5.96. The molecule has 0 atom stereocenters. The summed E-state index contributed by atoms with van der Waals surface area (Å²) in [6.45, 7) is 0. The maximum atomic E-state index is 7.44. The number of hydrogen-bond donors (Lipinski definition) is 2. The summed E-state index contributed by atoms with van der Waals surface area (Å²) in [5.41, 5.74) is 11.5. The maximum absolute atomic E-state index is 7.44. The molecule has 0 saturated heterocycles. The summed E-state index contributed by atoms with van der Waals surface area (Å²) in [6, 6.07) is 14.4. The molecule has 3 heteroatoms. The minimum Gasteiger partial charge on any atom is -0.384 e. The van der Waals surface area contributed by atoms with Gasteiger partial charge in [0.15, 0.2) is 0 Å². The Morgan fingerprint density at radius 2 is 1.71 bits per heavy atom. The zero-order valence-corrected chi connectivity index (χ0v) is 10.1. The van der Waals surface area contributed by atoms with Crippen LogP contribution in [0.4, 0.5) is 0 Å². The van der Waals surface area contributed by atoms with E-state index < -0.39 is 0 Å². The molecule has 0 heterocycles. The molecule has 17 heavy (non-hydrogen) atoms. The smallest absolute Gasteiger partial charge is 0.122 e. The van der Waals surface area contributed by atoms with Crippen LogP contribution in [0, 0.1) is 5.41 Å². The molecule has 2 aromatic carbocycles. The van der Waals surface area contributed by atoms with E-state index in [0.717, 1.165) is 12.0 Å². The van der Waals surface area contributed by atoms with E-state index in [2.05, 4.69) is 30.3 Å². The molecule has 0 radical (unpaired) electrons. The van der Waals surface area contributed by atoms with Crippen LogP contribution < -0.4 is 5.73 Å². The van der Waals surface area contributed by atoms with Gasteiger partial charge in [0.2, 0.25) is 0 Å². The van der Waals surface area contributed by atoms with Crippen molar-refractivity contribution >= 4 is 18.2 Å². The van der Waals surface area contributed by atoms with Crippen molar-refractivity contribution in [2.75, 3.05) is 0 Å². The summed E-state index contributed by atoms with van der Waals surface area (Å²) >= 11 is 0. The summed E-state index contributed by atoms with van der Waals surface area (Å²) in [7, 11) is 0. The van der Waals surface area contributed by atoms with Gasteiger partial charge in [-0.15, -0.1) is 12.4 Å². The van der Waals surface area contributed by atoms with Crippen LogP contribution >= 0.6 is 12.4 Å². The molecule has 0 saturated carbocycles. The van der Waals surface area contributed by atoms with Gasteiger partial charge >= 0.3 is 0 Å². The molecular formula is C14H13ClN2. The predicted molar refractivity (Wildman–Crippen MR) is 72.9 cm³/mol. The molecule has 0 spiro atoms. The SMILES string of the molecule is Cl.N=C(N)c1ccc2c(c1)Cc1ccccc1-2. The topological polar surface area (TPSA) is 49.9 Å². The summed E-state index contributed by atoms with van der Waals surface area (Å²) in [4.78, 5) is 0. The highest BCUT2D eigenvalue weighted by Crippen LogP contribution is 2.36. The van der Waals surface area contributed by atoms with Crippen LogP contribution in [-0.2, 0) is 6.42 Å². The van der Waals surface area contributed by atoms with Gasteiger partial charge < -0.3 is 5.73 Å². The Morgan fingerprint density at radius 1 is 1.00 bits per heavy atom. The molecule has 2 nitrogen and oxygen atoms in total. The molecule has 1 aliphatic rings. The minimum atomic E-state index is 0. The van der Waals surface area contributed by atoms with Crippen molar-refractivity contribution in [1.82, 2.24) is 0 Å². The van der Waals surface area contributed by atoms with Gasteiger partial charge in [-0.3, -0.25) is 5.41 Å². The molecule has 3 N–H and O–H groups in total. The summed E-state index contributed by atoms with van der Waals surface area (Å²) in [5.74, 6) is 0.138. The van der Waals surface area contributed by atoms with E-state index in [1.807, 2.05) is 12.1 Å². The summed E-state index contributed by atoms with van der Waals surface area (Å²) in [6.07, 6.45) is 0.951. The second-order valence-electron chi connectivity index (χ2n) is 4.12. The largest absolute Gasteiger partial charge is 0.384 e. The number of nitrogens with one attached hydrogen (secondary N) is 1. The van der Waals surface area contributed by atoms with Crippen LogP contribution in [-0.4, -0.2) is 5.84 Å². The van der Waals surface area contributed by atoms with Gasteiger partial charge in [-0.25, -0.2) is 0 Å². The molecule has 86 valence electrons. The van der Waals surface area contributed by atoms with Gasteiger partial charge in [-0.2, -0.15) is 0 Å². The first-order valence-corrected chi connectivity index (χ1v) is 5.31. The van der Waals surface area contributed by atoms with Crippen LogP contribution in [0.1, 0.15) is 16.7 Å². The van der Waals surface area contributed by atoms with Gasteiger partial charge in [0.25, 0.3) is 0 Å². The number of hydrogen-bond acceptors (Lipinski definition) is 1. The lowest BCUT2D eigenvalue weighted by Crippen LogP contribution is -2.11. The number of fused-ring (bicyclic) bond motifs is 3. The molecule has 1 aliphatic carbocycles. The van der Waals surface area contributed by atoms with E-state index in [-0.39, 0.29) is 18.2 Å². The van der Waals surface area contributed by atoms with Crippen molar-refractivity contribution in [3.63, 3.8) is 0 Å². The van der Waals surface area contributed by atoms with Crippen LogP contribution in [0.3, 0.4) is 0 Å². The number of rotatable bonds is 1. The molecule has 0 bridgehead atoms. The van der Waals surface area contributed by atoms with Crippen molar-refractivity contribution in [3.8, 4) is 11.1 Å². The number of nitrogens with two attached hydrogens (primary N) is 1. The van der Waals surface area contributed by atoms with Crippen LogP contribution in [0.25, 0.3) is 11.1 Å². The van der Waals surface area contributed by atoms with Gasteiger partial charge in [0.05, 0.1) is 0 Å². The van der Waals surface area contributed by atoms with E-state index in [1.165, 1.54) is 22.3 Å². The van der Waals surface area contributed by atoms with Crippen molar-refractivity contribution < 1.29 is 0 Å². The molecular weight excluding hydrogens is 232 g/mol. The third-order valence-corrected chi connectivity index (χ3v) is 3.10. The average Bonchev–Trinajstić information content (AvgIpc) is 2.66.